The molecule has 0 bridgehead atoms. The molecular weight excluding hydrogens is 214 g/mol. The molecule has 8 heteroatoms. The Morgan fingerprint density at radius 3 is 2.81 bits per heavy atom. The van der Waals surface area contributed by atoms with Crippen molar-refractivity contribution in [1.82, 2.24) is 15.3 Å². The lowest BCUT2D eigenvalue weighted by atomic mass is 10.3. The number of aliphatic imine (C=N–C) groups is 1. The van der Waals surface area contributed by atoms with Crippen molar-refractivity contribution < 1.29 is 9.76 Å². The number of nitro groups is 1. The van der Waals surface area contributed by atoms with Gasteiger partial charge in [0.25, 0.3) is 0 Å². The van der Waals surface area contributed by atoms with E-state index < -0.39 is 4.92 Å². The van der Waals surface area contributed by atoms with E-state index >= 15 is 0 Å². The lowest BCUT2D eigenvalue weighted by molar-refractivity contribution is -0.385. The van der Waals surface area contributed by atoms with Gasteiger partial charge in [-0.05, 0) is 13.8 Å². The SMILES string of the molecule is Cc1nn(C)c(C2=NC(C)ON2)c1[N+](=O)[O-]. The van der Waals surface area contributed by atoms with Crippen LogP contribution in [0.25, 0.3) is 0 Å². The number of hydrogen-bond donors (Lipinski definition) is 1. The maximum Gasteiger partial charge on any atom is 0.321 e. The monoisotopic (exact) mass is 225 g/mol. The van der Waals surface area contributed by atoms with Crippen LogP contribution in [0.4, 0.5) is 5.69 Å². The molecule has 1 aliphatic heterocycles. The maximum atomic E-state index is 10.9. The van der Waals surface area contributed by atoms with E-state index in [1.165, 1.54) is 4.68 Å². The predicted octanol–water partition coefficient (Wildman–Crippen LogP) is 0.264. The van der Waals surface area contributed by atoms with Crippen LogP contribution in [0.1, 0.15) is 18.3 Å². The number of nitrogens with one attached hydrogen (secondary N) is 1. The van der Waals surface area contributed by atoms with Crippen molar-refractivity contribution in [2.45, 2.75) is 20.1 Å². The fraction of sp³-hybridized carbons (Fsp3) is 0.500. The number of aryl methyl sites for hydroxylation is 2. The van der Waals surface area contributed by atoms with Crippen LogP contribution in [0.2, 0.25) is 0 Å². The molecule has 1 aliphatic rings. The van der Waals surface area contributed by atoms with E-state index in [9.17, 15) is 10.1 Å². The predicted molar refractivity (Wildman–Crippen MR) is 54.8 cm³/mol. The van der Waals surface area contributed by atoms with Crippen LogP contribution in [0, 0.1) is 17.0 Å². The molecule has 0 fully saturated rings. The van der Waals surface area contributed by atoms with Crippen molar-refractivity contribution in [3.8, 4) is 0 Å². The molecule has 16 heavy (non-hydrogen) atoms. The Morgan fingerprint density at radius 1 is 1.62 bits per heavy atom. The van der Waals surface area contributed by atoms with E-state index in [-0.39, 0.29) is 11.9 Å². The average molecular weight is 225 g/mol. The van der Waals surface area contributed by atoms with Crippen molar-refractivity contribution in [2.75, 3.05) is 0 Å². The van der Waals surface area contributed by atoms with Gasteiger partial charge in [-0.15, -0.1) is 0 Å². The van der Waals surface area contributed by atoms with E-state index in [0.717, 1.165) is 0 Å². The second kappa shape index (κ2) is 3.56. The quantitative estimate of drug-likeness (QED) is 0.575. The highest BCUT2D eigenvalue weighted by atomic mass is 16.7. The zero-order valence-electron chi connectivity index (χ0n) is 9.09. The third-order valence-electron chi connectivity index (χ3n) is 2.23. The van der Waals surface area contributed by atoms with E-state index in [2.05, 4.69) is 15.6 Å². The van der Waals surface area contributed by atoms with Crippen molar-refractivity contribution in [3.05, 3.63) is 21.5 Å². The van der Waals surface area contributed by atoms with E-state index in [4.69, 9.17) is 4.84 Å². The molecule has 0 spiro atoms. The summed E-state index contributed by atoms with van der Waals surface area (Å²) in [7, 11) is 1.63. The van der Waals surface area contributed by atoms with Gasteiger partial charge in [0.1, 0.15) is 5.69 Å². The van der Waals surface area contributed by atoms with Crippen molar-refractivity contribution in [3.63, 3.8) is 0 Å². The molecule has 0 saturated carbocycles. The summed E-state index contributed by atoms with van der Waals surface area (Å²) >= 11 is 0. The molecule has 2 rings (SSSR count). The van der Waals surface area contributed by atoms with Crippen LogP contribution in [0.5, 0.6) is 0 Å². The van der Waals surface area contributed by atoms with Gasteiger partial charge in [0, 0.05) is 7.05 Å². The Morgan fingerprint density at radius 2 is 2.31 bits per heavy atom. The Labute approximate surface area is 91.0 Å². The zero-order valence-corrected chi connectivity index (χ0v) is 9.09. The average Bonchev–Trinajstić information content (AvgIpc) is 2.69. The minimum absolute atomic E-state index is 0.0496. The van der Waals surface area contributed by atoms with Crippen LogP contribution in [-0.2, 0) is 11.9 Å². The maximum absolute atomic E-state index is 10.9. The lowest BCUT2D eigenvalue weighted by Gasteiger charge is -2.00. The van der Waals surface area contributed by atoms with Gasteiger partial charge < -0.3 is 0 Å². The van der Waals surface area contributed by atoms with E-state index in [0.29, 0.717) is 17.2 Å². The van der Waals surface area contributed by atoms with Gasteiger partial charge in [-0.3, -0.25) is 14.8 Å². The van der Waals surface area contributed by atoms with Crippen molar-refractivity contribution in [2.24, 2.45) is 12.0 Å². The normalized spacial score (nSPS) is 19.4. The summed E-state index contributed by atoms with van der Waals surface area (Å²) in [5, 5.41) is 14.9. The number of nitrogens with zero attached hydrogens (tertiary/aromatic N) is 4. The summed E-state index contributed by atoms with van der Waals surface area (Å²) in [6, 6.07) is 0. The largest absolute Gasteiger partial charge is 0.321 e. The van der Waals surface area contributed by atoms with Gasteiger partial charge in [-0.2, -0.15) is 5.10 Å². The first-order chi connectivity index (χ1) is 7.50. The second-order valence-corrected chi connectivity index (χ2v) is 3.46. The molecule has 0 aromatic carbocycles. The summed E-state index contributed by atoms with van der Waals surface area (Å²) in [5.41, 5.74) is 3.19. The molecule has 0 radical (unpaired) electrons. The van der Waals surface area contributed by atoms with Crippen LogP contribution in [0.3, 0.4) is 0 Å². The Kier molecular flexibility index (Phi) is 2.35. The number of amidine groups is 1. The van der Waals surface area contributed by atoms with Crippen molar-refractivity contribution >= 4 is 11.5 Å². The first-order valence-corrected chi connectivity index (χ1v) is 4.68. The number of rotatable bonds is 2. The Bertz CT molecular complexity index is 478. The molecule has 2 heterocycles. The fourth-order valence-electron chi connectivity index (χ4n) is 1.62. The minimum Gasteiger partial charge on any atom is -0.258 e. The first kappa shape index (κ1) is 10.6. The highest BCUT2D eigenvalue weighted by Gasteiger charge is 2.30. The molecule has 1 aromatic heterocycles. The molecular formula is C8H11N5O3. The summed E-state index contributed by atoms with van der Waals surface area (Å²) in [6.45, 7) is 3.32. The third-order valence-corrected chi connectivity index (χ3v) is 2.23. The molecule has 8 nitrogen and oxygen atoms in total. The van der Waals surface area contributed by atoms with Crippen LogP contribution < -0.4 is 5.48 Å². The summed E-state index contributed by atoms with van der Waals surface area (Å²) in [6.07, 6.45) is -0.357. The molecule has 0 aliphatic carbocycles. The van der Waals surface area contributed by atoms with Gasteiger partial charge in [-0.25, -0.2) is 15.3 Å². The topological polar surface area (TPSA) is 94.6 Å². The third kappa shape index (κ3) is 1.52. The number of aromatic nitrogens is 2. The number of hydrogen-bond acceptors (Lipinski definition) is 6. The van der Waals surface area contributed by atoms with Crippen LogP contribution in [-0.4, -0.2) is 26.8 Å². The number of hydroxylamine groups is 1. The standard InChI is InChI=1S/C8H11N5O3/c1-4-6(13(14)15)7(12(3)10-4)8-9-5(2)16-11-8/h5H,1-3H3,(H,9,11). The van der Waals surface area contributed by atoms with Crippen LogP contribution >= 0.6 is 0 Å². The van der Waals surface area contributed by atoms with Crippen LogP contribution in [0.15, 0.2) is 4.99 Å². The summed E-state index contributed by atoms with van der Waals surface area (Å²) in [5.74, 6) is 0.335. The zero-order chi connectivity index (χ0) is 11.9. The molecule has 1 N–H and O–H groups in total. The Balaban J connectivity index is 2.55. The molecule has 86 valence electrons. The highest BCUT2D eigenvalue weighted by molar-refractivity contribution is 6.01. The van der Waals surface area contributed by atoms with Gasteiger partial charge in [0.15, 0.2) is 17.8 Å². The summed E-state index contributed by atoms with van der Waals surface area (Å²) in [4.78, 5) is 19.6. The molecule has 1 unspecified atom stereocenters. The van der Waals surface area contributed by atoms with Crippen molar-refractivity contribution in [1.29, 1.82) is 0 Å². The van der Waals surface area contributed by atoms with Gasteiger partial charge in [0.05, 0.1) is 4.92 Å². The van der Waals surface area contributed by atoms with Gasteiger partial charge in [-0.1, -0.05) is 0 Å². The molecule has 0 amide bonds. The van der Waals surface area contributed by atoms with Gasteiger partial charge >= 0.3 is 5.69 Å². The second-order valence-electron chi connectivity index (χ2n) is 3.46. The minimum atomic E-state index is -0.467. The van der Waals surface area contributed by atoms with E-state index in [1.54, 1.807) is 20.9 Å². The lowest BCUT2D eigenvalue weighted by Crippen LogP contribution is -2.22. The molecule has 1 aromatic rings. The van der Waals surface area contributed by atoms with Gasteiger partial charge in [0.2, 0.25) is 0 Å². The first-order valence-electron chi connectivity index (χ1n) is 4.68. The smallest absolute Gasteiger partial charge is 0.258 e. The summed E-state index contributed by atoms with van der Waals surface area (Å²) < 4.78 is 1.42. The Hall–Kier alpha value is -1.96. The van der Waals surface area contributed by atoms with E-state index in [1.807, 2.05) is 0 Å². The molecule has 0 saturated heterocycles. The highest BCUT2D eigenvalue weighted by Crippen LogP contribution is 2.23. The fourth-order valence-corrected chi connectivity index (χ4v) is 1.62. The molecule has 1 atom stereocenters.